The second kappa shape index (κ2) is 3.70. The fourth-order valence-electron chi connectivity index (χ4n) is 2.49. The van der Waals surface area contributed by atoms with Crippen LogP contribution in [0.1, 0.15) is 30.0 Å². The summed E-state index contributed by atoms with van der Waals surface area (Å²) in [6.45, 7) is 1.11. The maximum Gasteiger partial charge on any atom is 0.0517 e. The summed E-state index contributed by atoms with van der Waals surface area (Å²) in [6.07, 6.45) is 7.98. The van der Waals surface area contributed by atoms with Crippen LogP contribution in [0.2, 0.25) is 0 Å². The molecule has 0 saturated carbocycles. The van der Waals surface area contributed by atoms with Gasteiger partial charge in [-0.3, -0.25) is 0 Å². The van der Waals surface area contributed by atoms with Crippen LogP contribution >= 0.6 is 0 Å². The van der Waals surface area contributed by atoms with E-state index in [1.54, 1.807) is 0 Å². The number of fused-ring (bicyclic) bond motifs is 1. The number of nitrogens with zero attached hydrogens (tertiary/aromatic N) is 1. The van der Waals surface area contributed by atoms with Crippen molar-refractivity contribution in [3.63, 3.8) is 0 Å². The molecule has 1 aliphatic heterocycles. The summed E-state index contributed by atoms with van der Waals surface area (Å²) in [5.41, 5.74) is 6.58. The molecule has 1 N–H and O–H groups in total. The highest BCUT2D eigenvalue weighted by atomic mass is 15.5. The van der Waals surface area contributed by atoms with Crippen molar-refractivity contribution in [1.82, 2.24) is 10.4 Å². The molecule has 1 heterocycles. The van der Waals surface area contributed by atoms with Crippen molar-refractivity contribution < 1.29 is 0 Å². The van der Waals surface area contributed by atoms with Gasteiger partial charge in [0, 0.05) is 12.7 Å². The Bertz CT molecular complexity index is 384. The van der Waals surface area contributed by atoms with E-state index >= 15 is 0 Å². The maximum atomic E-state index is 3.58. The number of benzene rings is 1. The smallest absolute Gasteiger partial charge is 0.0517 e. The van der Waals surface area contributed by atoms with E-state index in [0.717, 1.165) is 6.54 Å². The van der Waals surface area contributed by atoms with Crippen molar-refractivity contribution >= 4 is 0 Å². The molecule has 0 spiro atoms. The molecule has 15 heavy (non-hydrogen) atoms. The van der Waals surface area contributed by atoms with E-state index in [1.807, 2.05) is 0 Å². The van der Waals surface area contributed by atoms with Gasteiger partial charge in [0.1, 0.15) is 0 Å². The van der Waals surface area contributed by atoms with Crippen LogP contribution in [-0.4, -0.2) is 11.6 Å². The minimum atomic E-state index is 0.518. The first kappa shape index (κ1) is 8.98. The largest absolute Gasteiger partial charge is 0.315 e. The number of nitrogens with one attached hydrogen (secondary N) is 1. The fourth-order valence-corrected chi connectivity index (χ4v) is 2.49. The molecule has 0 amide bonds. The first-order valence-corrected chi connectivity index (χ1v) is 5.71. The van der Waals surface area contributed by atoms with Gasteiger partial charge < -0.3 is 5.01 Å². The molecule has 2 aliphatic rings. The molecule has 1 aromatic rings. The minimum Gasteiger partial charge on any atom is -0.315 e. The number of aryl methyl sites for hydroxylation is 1. The van der Waals surface area contributed by atoms with Crippen molar-refractivity contribution in [3.8, 4) is 0 Å². The molecule has 2 heteroatoms. The van der Waals surface area contributed by atoms with E-state index in [0.29, 0.717) is 6.04 Å². The summed E-state index contributed by atoms with van der Waals surface area (Å²) in [6, 6.07) is 9.29. The predicted octanol–water partition coefficient (Wildman–Crippen LogP) is 2.40. The first-order chi connectivity index (χ1) is 7.43. The SMILES string of the molecule is C1=CN(NC2CCc3ccccc32)CC1. The van der Waals surface area contributed by atoms with E-state index in [2.05, 4.69) is 47.0 Å². The van der Waals surface area contributed by atoms with Crippen LogP contribution in [0, 0.1) is 0 Å². The van der Waals surface area contributed by atoms with E-state index in [-0.39, 0.29) is 0 Å². The standard InChI is InChI=1S/C13H16N2/c1-2-6-12-11(5-1)7-8-13(12)14-15-9-3-4-10-15/h1-3,5-6,9,13-14H,4,7-8,10H2. The van der Waals surface area contributed by atoms with Crippen molar-refractivity contribution in [2.24, 2.45) is 0 Å². The van der Waals surface area contributed by atoms with E-state index in [4.69, 9.17) is 0 Å². The van der Waals surface area contributed by atoms with Gasteiger partial charge in [-0.1, -0.05) is 30.3 Å². The van der Waals surface area contributed by atoms with Gasteiger partial charge in [-0.2, -0.15) is 0 Å². The van der Waals surface area contributed by atoms with Crippen LogP contribution in [0.3, 0.4) is 0 Å². The fraction of sp³-hybridized carbons (Fsp3) is 0.385. The monoisotopic (exact) mass is 200 g/mol. The average molecular weight is 200 g/mol. The van der Waals surface area contributed by atoms with Crippen molar-refractivity contribution in [1.29, 1.82) is 0 Å². The van der Waals surface area contributed by atoms with Crippen LogP contribution in [0.25, 0.3) is 0 Å². The van der Waals surface area contributed by atoms with Crippen LogP contribution in [-0.2, 0) is 6.42 Å². The Labute approximate surface area is 90.6 Å². The number of hydrogen-bond donors (Lipinski definition) is 1. The van der Waals surface area contributed by atoms with Crippen LogP contribution < -0.4 is 5.43 Å². The van der Waals surface area contributed by atoms with E-state index in [9.17, 15) is 0 Å². The lowest BCUT2D eigenvalue weighted by molar-refractivity contribution is 0.245. The molecule has 1 aromatic carbocycles. The van der Waals surface area contributed by atoms with Crippen LogP contribution in [0.15, 0.2) is 36.5 Å². The van der Waals surface area contributed by atoms with Gasteiger partial charge in [0.05, 0.1) is 6.04 Å². The Hall–Kier alpha value is -1.28. The molecule has 1 aliphatic carbocycles. The molecule has 0 aromatic heterocycles. The van der Waals surface area contributed by atoms with Gasteiger partial charge in [0.25, 0.3) is 0 Å². The summed E-state index contributed by atoms with van der Waals surface area (Å²) < 4.78 is 0. The Balaban J connectivity index is 1.76. The number of hydrazine groups is 1. The molecule has 78 valence electrons. The molecular weight excluding hydrogens is 184 g/mol. The maximum absolute atomic E-state index is 3.58. The highest BCUT2D eigenvalue weighted by Crippen LogP contribution is 2.31. The lowest BCUT2D eigenvalue weighted by Gasteiger charge is -2.23. The normalized spacial score (nSPS) is 23.5. The highest BCUT2D eigenvalue weighted by molar-refractivity contribution is 5.34. The van der Waals surface area contributed by atoms with Gasteiger partial charge in [-0.25, -0.2) is 5.43 Å². The molecule has 3 rings (SSSR count). The number of rotatable bonds is 2. The summed E-state index contributed by atoms with van der Waals surface area (Å²) in [4.78, 5) is 0. The second-order valence-corrected chi connectivity index (χ2v) is 4.29. The summed E-state index contributed by atoms with van der Waals surface area (Å²) >= 11 is 0. The number of hydrogen-bond acceptors (Lipinski definition) is 2. The summed E-state index contributed by atoms with van der Waals surface area (Å²) in [7, 11) is 0. The molecule has 0 saturated heterocycles. The van der Waals surface area contributed by atoms with Crippen molar-refractivity contribution in [2.75, 3.05) is 6.54 Å². The second-order valence-electron chi connectivity index (χ2n) is 4.29. The van der Waals surface area contributed by atoms with Crippen LogP contribution in [0.5, 0.6) is 0 Å². The Morgan fingerprint density at radius 1 is 1.27 bits per heavy atom. The molecule has 0 radical (unpaired) electrons. The molecule has 1 unspecified atom stereocenters. The van der Waals surface area contributed by atoms with Crippen LogP contribution in [0.4, 0.5) is 0 Å². The van der Waals surface area contributed by atoms with Gasteiger partial charge in [-0.15, -0.1) is 0 Å². The zero-order chi connectivity index (χ0) is 10.1. The zero-order valence-electron chi connectivity index (χ0n) is 8.82. The van der Waals surface area contributed by atoms with Gasteiger partial charge in [-0.05, 0) is 30.4 Å². The van der Waals surface area contributed by atoms with Crippen molar-refractivity contribution in [2.45, 2.75) is 25.3 Å². The lowest BCUT2D eigenvalue weighted by Crippen LogP contribution is -2.34. The summed E-state index contributed by atoms with van der Waals surface area (Å²) in [5, 5.41) is 2.22. The molecule has 0 fully saturated rings. The average Bonchev–Trinajstić information content (AvgIpc) is 2.89. The molecular formula is C13H16N2. The Kier molecular flexibility index (Phi) is 2.22. The Morgan fingerprint density at radius 3 is 3.07 bits per heavy atom. The molecule has 0 bridgehead atoms. The van der Waals surface area contributed by atoms with E-state index < -0.39 is 0 Å². The predicted molar refractivity (Wildman–Crippen MR) is 61.1 cm³/mol. The third kappa shape index (κ3) is 1.65. The van der Waals surface area contributed by atoms with E-state index in [1.165, 1.54) is 30.4 Å². The third-order valence-corrected chi connectivity index (χ3v) is 3.28. The Morgan fingerprint density at radius 2 is 2.20 bits per heavy atom. The minimum absolute atomic E-state index is 0.518. The quantitative estimate of drug-likeness (QED) is 0.788. The van der Waals surface area contributed by atoms with Crippen molar-refractivity contribution in [3.05, 3.63) is 47.7 Å². The summed E-state index contributed by atoms with van der Waals surface area (Å²) in [5.74, 6) is 0. The lowest BCUT2D eigenvalue weighted by atomic mass is 10.1. The first-order valence-electron chi connectivity index (χ1n) is 5.71. The van der Waals surface area contributed by atoms with Gasteiger partial charge in [0.2, 0.25) is 0 Å². The molecule has 2 nitrogen and oxygen atoms in total. The van der Waals surface area contributed by atoms with Gasteiger partial charge in [0.15, 0.2) is 0 Å². The molecule has 1 atom stereocenters. The zero-order valence-corrected chi connectivity index (χ0v) is 8.82. The van der Waals surface area contributed by atoms with Gasteiger partial charge >= 0.3 is 0 Å². The highest BCUT2D eigenvalue weighted by Gasteiger charge is 2.23. The topological polar surface area (TPSA) is 15.3 Å². The third-order valence-electron chi connectivity index (χ3n) is 3.28.